The summed E-state index contributed by atoms with van der Waals surface area (Å²) in [7, 11) is 0. The van der Waals surface area contributed by atoms with Crippen molar-refractivity contribution in [3.8, 4) is 23.1 Å². The Labute approximate surface area is 139 Å². The van der Waals surface area contributed by atoms with Crippen LogP contribution in [-0.4, -0.2) is 25.0 Å². The van der Waals surface area contributed by atoms with Crippen molar-refractivity contribution < 1.29 is 0 Å². The fraction of sp³-hybridized carbons (Fsp3) is 0.176. The highest BCUT2D eigenvalue weighted by molar-refractivity contribution is 8.00. The van der Waals surface area contributed by atoms with Gasteiger partial charge in [-0.25, -0.2) is 0 Å². The first-order chi connectivity index (χ1) is 11.2. The Morgan fingerprint density at radius 3 is 2.70 bits per heavy atom. The Morgan fingerprint density at radius 2 is 2.00 bits per heavy atom. The molecule has 0 saturated heterocycles. The molecule has 6 heteroatoms. The molecule has 0 N–H and O–H groups in total. The fourth-order valence-electron chi connectivity index (χ4n) is 2.24. The van der Waals surface area contributed by atoms with Crippen LogP contribution in [0.2, 0.25) is 0 Å². The number of benzene rings is 1. The molecule has 23 heavy (non-hydrogen) atoms. The van der Waals surface area contributed by atoms with Gasteiger partial charge in [0.1, 0.15) is 0 Å². The van der Waals surface area contributed by atoms with Gasteiger partial charge in [-0.15, -0.1) is 10.2 Å². The second-order valence-electron chi connectivity index (χ2n) is 5.06. The summed E-state index contributed by atoms with van der Waals surface area (Å²) in [4.78, 5) is 4.16. The van der Waals surface area contributed by atoms with Crippen LogP contribution in [0.5, 0.6) is 0 Å². The van der Waals surface area contributed by atoms with Crippen molar-refractivity contribution in [2.24, 2.45) is 0 Å². The van der Waals surface area contributed by atoms with Crippen LogP contribution in [0.4, 0.5) is 0 Å². The second-order valence-corrected chi connectivity index (χ2v) is 6.37. The van der Waals surface area contributed by atoms with Crippen LogP contribution in [0.15, 0.2) is 53.9 Å². The molecular formula is C17H15N5S. The summed E-state index contributed by atoms with van der Waals surface area (Å²) in [5, 5.41) is 18.2. The standard InChI is InChI=1S/C17H15N5S/c1-12-6-3-4-8-15(12)22-16(14-7-5-9-19-11-14)20-21-17(22)23-13(2)10-18/h3-9,11,13H,1-2H3. The molecule has 0 amide bonds. The molecule has 0 spiro atoms. The van der Waals surface area contributed by atoms with Crippen molar-refractivity contribution in [3.63, 3.8) is 0 Å². The topological polar surface area (TPSA) is 67.4 Å². The summed E-state index contributed by atoms with van der Waals surface area (Å²) in [5.41, 5.74) is 3.01. The van der Waals surface area contributed by atoms with Gasteiger partial charge < -0.3 is 0 Å². The lowest BCUT2D eigenvalue weighted by Crippen LogP contribution is -2.03. The van der Waals surface area contributed by atoms with Crippen molar-refractivity contribution in [2.45, 2.75) is 24.3 Å². The number of aryl methyl sites for hydroxylation is 1. The number of rotatable bonds is 4. The molecule has 5 nitrogen and oxygen atoms in total. The highest BCUT2D eigenvalue weighted by atomic mass is 32.2. The molecule has 1 unspecified atom stereocenters. The molecule has 0 saturated carbocycles. The van der Waals surface area contributed by atoms with Crippen LogP contribution in [0.1, 0.15) is 12.5 Å². The van der Waals surface area contributed by atoms with Crippen LogP contribution in [0.3, 0.4) is 0 Å². The Balaban J connectivity index is 2.19. The average Bonchev–Trinajstić information content (AvgIpc) is 2.99. The van der Waals surface area contributed by atoms with Gasteiger partial charge in [0.05, 0.1) is 17.0 Å². The van der Waals surface area contributed by atoms with E-state index in [1.807, 2.05) is 54.8 Å². The number of hydrogen-bond acceptors (Lipinski definition) is 5. The number of aromatic nitrogens is 4. The lowest BCUT2D eigenvalue weighted by molar-refractivity contribution is 0.878. The quantitative estimate of drug-likeness (QED) is 0.686. The number of pyridine rings is 1. The zero-order valence-corrected chi connectivity index (χ0v) is 13.7. The summed E-state index contributed by atoms with van der Waals surface area (Å²) in [6, 6.07) is 14.1. The molecule has 0 radical (unpaired) electrons. The molecule has 1 aromatic carbocycles. The number of thioether (sulfide) groups is 1. The molecule has 1 atom stereocenters. The Morgan fingerprint density at radius 1 is 1.17 bits per heavy atom. The minimum atomic E-state index is -0.205. The van der Waals surface area contributed by atoms with Gasteiger partial charge in [0.25, 0.3) is 0 Å². The predicted octanol–water partition coefficient (Wildman–Crippen LogP) is 3.64. The van der Waals surface area contributed by atoms with Crippen molar-refractivity contribution in [1.29, 1.82) is 5.26 Å². The van der Waals surface area contributed by atoms with E-state index in [9.17, 15) is 0 Å². The van der Waals surface area contributed by atoms with E-state index in [-0.39, 0.29) is 5.25 Å². The third-order valence-electron chi connectivity index (χ3n) is 3.37. The van der Waals surface area contributed by atoms with Crippen LogP contribution in [0, 0.1) is 18.3 Å². The van der Waals surface area contributed by atoms with Crippen LogP contribution in [0.25, 0.3) is 17.1 Å². The maximum atomic E-state index is 9.10. The van der Waals surface area contributed by atoms with E-state index < -0.39 is 0 Å². The minimum absolute atomic E-state index is 0.205. The smallest absolute Gasteiger partial charge is 0.197 e. The molecule has 3 aromatic rings. The number of nitriles is 1. The fourth-order valence-corrected chi connectivity index (χ4v) is 2.99. The van der Waals surface area contributed by atoms with Crippen LogP contribution < -0.4 is 0 Å². The van der Waals surface area contributed by atoms with Gasteiger partial charge in [-0.3, -0.25) is 9.55 Å². The molecule has 0 aliphatic rings. The van der Waals surface area contributed by atoms with E-state index in [0.717, 1.165) is 22.6 Å². The van der Waals surface area contributed by atoms with Crippen molar-refractivity contribution in [3.05, 3.63) is 54.4 Å². The molecule has 0 fully saturated rings. The number of nitrogens with zero attached hydrogens (tertiary/aromatic N) is 5. The van der Waals surface area contributed by atoms with E-state index in [4.69, 9.17) is 5.26 Å². The summed E-state index contributed by atoms with van der Waals surface area (Å²) >= 11 is 1.40. The SMILES string of the molecule is Cc1ccccc1-n1c(SC(C)C#N)nnc1-c1cccnc1. The molecule has 0 aliphatic heterocycles. The molecule has 114 valence electrons. The molecule has 0 bridgehead atoms. The summed E-state index contributed by atoms with van der Waals surface area (Å²) in [6.45, 7) is 3.90. The minimum Gasteiger partial charge on any atom is -0.270 e. The lowest BCUT2D eigenvalue weighted by Gasteiger charge is -2.13. The predicted molar refractivity (Wildman–Crippen MR) is 90.3 cm³/mol. The Kier molecular flexibility index (Phi) is 4.40. The van der Waals surface area contributed by atoms with E-state index >= 15 is 0 Å². The van der Waals surface area contributed by atoms with Crippen molar-refractivity contribution >= 4 is 11.8 Å². The van der Waals surface area contributed by atoms with Gasteiger partial charge in [-0.1, -0.05) is 30.0 Å². The summed E-state index contributed by atoms with van der Waals surface area (Å²) in [5.74, 6) is 0.722. The molecule has 3 rings (SSSR count). The van der Waals surface area contributed by atoms with Crippen molar-refractivity contribution in [1.82, 2.24) is 19.7 Å². The third-order valence-corrected chi connectivity index (χ3v) is 4.31. The molecule has 2 aromatic heterocycles. The van der Waals surface area contributed by atoms with Gasteiger partial charge >= 0.3 is 0 Å². The normalized spacial score (nSPS) is 11.9. The molecule has 2 heterocycles. The van der Waals surface area contributed by atoms with E-state index in [1.54, 1.807) is 12.4 Å². The van der Waals surface area contributed by atoms with Gasteiger partial charge in [-0.2, -0.15) is 5.26 Å². The lowest BCUT2D eigenvalue weighted by atomic mass is 10.2. The van der Waals surface area contributed by atoms with E-state index in [2.05, 4.69) is 21.3 Å². The maximum Gasteiger partial charge on any atom is 0.197 e. The van der Waals surface area contributed by atoms with Gasteiger partial charge in [-0.05, 0) is 37.6 Å². The Bertz CT molecular complexity index is 851. The maximum absolute atomic E-state index is 9.10. The van der Waals surface area contributed by atoms with Crippen LogP contribution >= 0.6 is 11.8 Å². The monoisotopic (exact) mass is 321 g/mol. The number of hydrogen-bond donors (Lipinski definition) is 0. The van der Waals surface area contributed by atoms with E-state index in [1.165, 1.54) is 11.8 Å². The second kappa shape index (κ2) is 6.63. The first-order valence-electron chi connectivity index (χ1n) is 7.19. The number of para-hydroxylation sites is 1. The summed E-state index contributed by atoms with van der Waals surface area (Å²) in [6.07, 6.45) is 3.49. The zero-order chi connectivity index (χ0) is 16.2. The molecular weight excluding hydrogens is 306 g/mol. The van der Waals surface area contributed by atoms with Gasteiger partial charge in [0.2, 0.25) is 0 Å². The van der Waals surface area contributed by atoms with Gasteiger partial charge in [0, 0.05) is 18.0 Å². The average molecular weight is 321 g/mol. The zero-order valence-electron chi connectivity index (χ0n) is 12.8. The first-order valence-corrected chi connectivity index (χ1v) is 8.06. The molecule has 0 aliphatic carbocycles. The van der Waals surface area contributed by atoms with Crippen molar-refractivity contribution in [2.75, 3.05) is 0 Å². The largest absolute Gasteiger partial charge is 0.270 e. The van der Waals surface area contributed by atoms with Crippen LogP contribution in [-0.2, 0) is 0 Å². The highest BCUT2D eigenvalue weighted by Crippen LogP contribution is 2.30. The van der Waals surface area contributed by atoms with Gasteiger partial charge in [0.15, 0.2) is 11.0 Å². The Hall–Kier alpha value is -2.65. The third kappa shape index (κ3) is 3.10. The summed E-state index contributed by atoms with van der Waals surface area (Å²) < 4.78 is 1.99. The van der Waals surface area contributed by atoms with E-state index in [0.29, 0.717) is 5.16 Å². The highest BCUT2D eigenvalue weighted by Gasteiger charge is 2.19. The first kappa shape index (κ1) is 15.3.